The first-order valence-corrected chi connectivity index (χ1v) is 9.82. The summed E-state index contributed by atoms with van der Waals surface area (Å²) in [5, 5.41) is 2.49. The van der Waals surface area contributed by atoms with E-state index in [-0.39, 0.29) is 5.63 Å². The molecule has 3 aromatic heterocycles. The molecule has 3 heterocycles. The zero-order valence-corrected chi connectivity index (χ0v) is 16.1. The number of imidazole rings is 1. The topological polar surface area (TPSA) is 47.5 Å². The average Bonchev–Trinajstić information content (AvgIpc) is 3.07. The van der Waals surface area contributed by atoms with Gasteiger partial charge in [-0.15, -0.1) is 0 Å². The van der Waals surface area contributed by atoms with Crippen molar-refractivity contribution in [2.45, 2.75) is 9.92 Å². The number of nitrogens with zero attached hydrogens (tertiary/aromatic N) is 2. The van der Waals surface area contributed by atoms with Crippen LogP contribution < -0.4 is 5.63 Å². The van der Waals surface area contributed by atoms with Crippen molar-refractivity contribution < 1.29 is 4.42 Å². The molecule has 0 spiro atoms. The van der Waals surface area contributed by atoms with Gasteiger partial charge >= 0.3 is 5.63 Å². The smallest absolute Gasteiger partial charge is 0.337 e. The second-order valence-electron chi connectivity index (χ2n) is 6.23. The highest BCUT2D eigenvalue weighted by Crippen LogP contribution is 2.39. The molecule has 0 aliphatic carbocycles. The minimum Gasteiger partial charge on any atom is -0.423 e. The molecule has 4 nitrogen and oxygen atoms in total. The Labute approximate surface area is 169 Å². The van der Waals surface area contributed by atoms with E-state index in [1.807, 2.05) is 71.3 Å². The number of para-hydroxylation sites is 1. The molecule has 5 rings (SSSR count). The van der Waals surface area contributed by atoms with Crippen molar-refractivity contribution in [3.05, 3.63) is 94.4 Å². The largest absolute Gasteiger partial charge is 0.423 e. The van der Waals surface area contributed by atoms with Gasteiger partial charge in [0.1, 0.15) is 22.0 Å². The summed E-state index contributed by atoms with van der Waals surface area (Å²) < 4.78 is 7.36. The molecular formula is C22H13ClN2O2S. The maximum atomic E-state index is 12.1. The van der Waals surface area contributed by atoms with Crippen molar-refractivity contribution in [2.24, 2.45) is 0 Å². The van der Waals surface area contributed by atoms with E-state index in [9.17, 15) is 4.79 Å². The van der Waals surface area contributed by atoms with Gasteiger partial charge in [0.05, 0.1) is 0 Å². The molecule has 0 aliphatic heterocycles. The summed E-state index contributed by atoms with van der Waals surface area (Å²) in [5.74, 6) is 0. The highest BCUT2D eigenvalue weighted by atomic mass is 35.5. The molecule has 0 saturated heterocycles. The molecule has 0 fully saturated rings. The summed E-state index contributed by atoms with van der Waals surface area (Å²) in [6, 6.07) is 22.5. The summed E-state index contributed by atoms with van der Waals surface area (Å²) in [7, 11) is 0. The molecule has 136 valence electrons. The Balaban J connectivity index is 1.74. The fourth-order valence-electron chi connectivity index (χ4n) is 3.14. The molecule has 0 aliphatic rings. The molecule has 6 heteroatoms. The van der Waals surface area contributed by atoms with E-state index in [2.05, 4.69) is 0 Å². The van der Waals surface area contributed by atoms with Gasteiger partial charge < -0.3 is 4.42 Å². The number of halogens is 1. The van der Waals surface area contributed by atoms with Crippen LogP contribution in [0.4, 0.5) is 0 Å². The van der Waals surface area contributed by atoms with Gasteiger partial charge in [-0.1, -0.05) is 59.8 Å². The summed E-state index contributed by atoms with van der Waals surface area (Å²) in [5.41, 5.74) is 2.83. The monoisotopic (exact) mass is 404 g/mol. The van der Waals surface area contributed by atoms with E-state index < -0.39 is 0 Å². The maximum Gasteiger partial charge on any atom is 0.337 e. The zero-order chi connectivity index (χ0) is 19.1. The van der Waals surface area contributed by atoms with Gasteiger partial charge in [-0.3, -0.25) is 4.40 Å². The molecule has 0 saturated carbocycles. The minimum absolute atomic E-state index is 0.372. The molecule has 0 radical (unpaired) electrons. The Hall–Kier alpha value is -3.02. The number of pyridine rings is 1. The van der Waals surface area contributed by atoms with E-state index in [0.717, 1.165) is 32.2 Å². The Bertz CT molecular complexity index is 1370. The zero-order valence-electron chi connectivity index (χ0n) is 14.5. The number of hydrogen-bond acceptors (Lipinski definition) is 4. The van der Waals surface area contributed by atoms with Crippen molar-refractivity contribution in [3.8, 4) is 11.3 Å². The Morgan fingerprint density at radius 1 is 0.964 bits per heavy atom. The summed E-state index contributed by atoms with van der Waals surface area (Å²) in [4.78, 5) is 17.7. The molecular weight excluding hydrogens is 392 g/mol. The Morgan fingerprint density at radius 2 is 1.75 bits per heavy atom. The molecule has 2 aromatic carbocycles. The van der Waals surface area contributed by atoms with E-state index in [0.29, 0.717) is 10.6 Å². The normalized spacial score (nSPS) is 11.3. The third-order valence-electron chi connectivity index (χ3n) is 4.42. The van der Waals surface area contributed by atoms with Crippen LogP contribution in [0.2, 0.25) is 5.02 Å². The predicted molar refractivity (Wildman–Crippen MR) is 112 cm³/mol. The quantitative estimate of drug-likeness (QED) is 0.350. The van der Waals surface area contributed by atoms with Crippen LogP contribution in [0.1, 0.15) is 0 Å². The first-order chi connectivity index (χ1) is 13.7. The third kappa shape index (κ3) is 2.99. The van der Waals surface area contributed by atoms with Gasteiger partial charge in [0.2, 0.25) is 0 Å². The van der Waals surface area contributed by atoms with Crippen LogP contribution in [0, 0.1) is 0 Å². The Morgan fingerprint density at radius 3 is 2.61 bits per heavy atom. The number of benzene rings is 2. The van der Waals surface area contributed by atoms with E-state index in [1.165, 1.54) is 17.8 Å². The van der Waals surface area contributed by atoms with Gasteiger partial charge in [-0.05, 0) is 30.3 Å². The fourth-order valence-corrected chi connectivity index (χ4v) is 4.42. The number of hydrogen-bond donors (Lipinski definition) is 0. The van der Waals surface area contributed by atoms with Gasteiger partial charge in [-0.25, -0.2) is 9.78 Å². The van der Waals surface area contributed by atoms with E-state index >= 15 is 0 Å². The molecule has 0 unspecified atom stereocenters. The lowest BCUT2D eigenvalue weighted by Gasteiger charge is -2.07. The lowest BCUT2D eigenvalue weighted by atomic mass is 10.2. The second kappa shape index (κ2) is 6.86. The van der Waals surface area contributed by atoms with E-state index in [4.69, 9.17) is 21.0 Å². The van der Waals surface area contributed by atoms with Crippen LogP contribution in [-0.4, -0.2) is 9.38 Å². The summed E-state index contributed by atoms with van der Waals surface area (Å²) in [6.45, 7) is 0. The van der Waals surface area contributed by atoms with Crippen LogP contribution in [0.25, 0.3) is 27.9 Å². The standard InChI is InChI=1S/C22H13ClN2O2S/c23-15-10-8-14(9-11-15)21-22(25-12-4-3-7-19(25)24-21)28-18-13-20(26)27-17-6-2-1-5-16(17)18/h1-13H. The van der Waals surface area contributed by atoms with Crippen LogP contribution in [0.3, 0.4) is 0 Å². The molecule has 0 N–H and O–H groups in total. The highest BCUT2D eigenvalue weighted by Gasteiger charge is 2.17. The first-order valence-electron chi connectivity index (χ1n) is 8.63. The minimum atomic E-state index is -0.372. The van der Waals surface area contributed by atoms with Crippen LogP contribution in [0.15, 0.2) is 98.1 Å². The Kier molecular flexibility index (Phi) is 4.19. The van der Waals surface area contributed by atoms with Crippen LogP contribution >= 0.6 is 23.4 Å². The number of aromatic nitrogens is 2. The number of fused-ring (bicyclic) bond motifs is 2. The van der Waals surface area contributed by atoms with Crippen LogP contribution in [-0.2, 0) is 0 Å². The average molecular weight is 405 g/mol. The van der Waals surface area contributed by atoms with Crippen molar-refractivity contribution in [1.82, 2.24) is 9.38 Å². The molecule has 28 heavy (non-hydrogen) atoms. The van der Waals surface area contributed by atoms with Gasteiger partial charge in [0, 0.05) is 33.1 Å². The van der Waals surface area contributed by atoms with Crippen molar-refractivity contribution >= 4 is 40.0 Å². The number of rotatable bonds is 3. The predicted octanol–water partition coefficient (Wildman–Crippen LogP) is 5.91. The summed E-state index contributed by atoms with van der Waals surface area (Å²) in [6.07, 6.45) is 1.97. The molecule has 5 aromatic rings. The lowest BCUT2D eigenvalue weighted by molar-refractivity contribution is 0.557. The first kappa shape index (κ1) is 17.1. The lowest BCUT2D eigenvalue weighted by Crippen LogP contribution is -1.97. The maximum absolute atomic E-state index is 12.1. The van der Waals surface area contributed by atoms with E-state index in [1.54, 1.807) is 6.07 Å². The molecule has 0 amide bonds. The van der Waals surface area contributed by atoms with Gasteiger partial charge in [0.15, 0.2) is 0 Å². The van der Waals surface area contributed by atoms with Gasteiger partial charge in [0.25, 0.3) is 0 Å². The van der Waals surface area contributed by atoms with Gasteiger partial charge in [-0.2, -0.15) is 0 Å². The highest BCUT2D eigenvalue weighted by molar-refractivity contribution is 7.99. The SMILES string of the molecule is O=c1cc(Sc2c(-c3ccc(Cl)cc3)nc3ccccn23)c2ccccc2o1. The molecule has 0 atom stereocenters. The van der Waals surface area contributed by atoms with Crippen molar-refractivity contribution in [2.75, 3.05) is 0 Å². The second-order valence-corrected chi connectivity index (χ2v) is 7.70. The third-order valence-corrected chi connectivity index (χ3v) is 5.82. The van der Waals surface area contributed by atoms with Crippen LogP contribution in [0.5, 0.6) is 0 Å². The van der Waals surface area contributed by atoms with Crippen molar-refractivity contribution in [3.63, 3.8) is 0 Å². The fraction of sp³-hybridized carbons (Fsp3) is 0. The van der Waals surface area contributed by atoms with Crippen molar-refractivity contribution in [1.29, 1.82) is 0 Å². The summed E-state index contributed by atoms with van der Waals surface area (Å²) >= 11 is 7.55. The molecule has 0 bridgehead atoms.